The molecule has 0 bridgehead atoms. The monoisotopic (exact) mass is 300 g/mol. The molecule has 0 saturated carbocycles. The molecule has 0 aromatic heterocycles. The number of nitrogens with zero attached hydrogens (tertiary/aromatic N) is 1. The van der Waals surface area contributed by atoms with E-state index in [1.165, 1.54) is 13.2 Å². The molecule has 1 heterocycles. The number of ether oxygens (including phenoxy) is 1. The third kappa shape index (κ3) is 3.72. The molecule has 0 radical (unpaired) electrons. The normalized spacial score (nSPS) is 17.1. The molecule has 0 amide bonds. The molecule has 3 nitrogen and oxygen atoms in total. The molecule has 1 aromatic carbocycles. The summed E-state index contributed by atoms with van der Waals surface area (Å²) in [4.78, 5) is 2.36. The van der Waals surface area contributed by atoms with Crippen molar-refractivity contribution in [3.8, 4) is 5.75 Å². The van der Waals surface area contributed by atoms with Gasteiger partial charge in [-0.15, -0.1) is 19.0 Å². The highest BCUT2D eigenvalue weighted by Crippen LogP contribution is 2.34. The third-order valence-corrected chi connectivity index (χ3v) is 3.54. The van der Waals surface area contributed by atoms with Crippen LogP contribution in [0.1, 0.15) is 18.0 Å². The largest absolute Gasteiger partial charge is 0.493 e. The molecule has 2 rings (SSSR count). The van der Waals surface area contributed by atoms with E-state index in [4.69, 9.17) is 4.74 Å². The zero-order valence-corrected chi connectivity index (χ0v) is 12.6. The number of piperazine rings is 1. The predicted octanol–water partition coefficient (Wildman–Crippen LogP) is 2.78. The van der Waals surface area contributed by atoms with Crippen molar-refractivity contribution < 1.29 is 9.13 Å². The van der Waals surface area contributed by atoms with Gasteiger partial charge in [-0.3, -0.25) is 4.90 Å². The van der Waals surface area contributed by atoms with Crippen LogP contribution in [0.2, 0.25) is 0 Å². The molecule has 1 fully saturated rings. The average Bonchev–Trinajstić information content (AvgIpc) is 2.45. The molecule has 0 aliphatic carbocycles. The topological polar surface area (TPSA) is 24.5 Å². The van der Waals surface area contributed by atoms with Crippen molar-refractivity contribution in [2.75, 3.05) is 33.3 Å². The highest BCUT2D eigenvalue weighted by molar-refractivity contribution is 5.85. The highest BCUT2D eigenvalue weighted by atomic mass is 35.5. The highest BCUT2D eigenvalue weighted by Gasteiger charge is 2.24. The van der Waals surface area contributed by atoms with E-state index in [1.54, 1.807) is 6.07 Å². The van der Waals surface area contributed by atoms with Crippen molar-refractivity contribution in [1.29, 1.82) is 0 Å². The second-order valence-electron chi connectivity index (χ2n) is 4.69. The first-order valence-corrected chi connectivity index (χ1v) is 6.66. The summed E-state index contributed by atoms with van der Waals surface area (Å²) in [7, 11) is 1.52. The maximum Gasteiger partial charge on any atom is 0.165 e. The van der Waals surface area contributed by atoms with E-state index in [1.807, 2.05) is 12.1 Å². The lowest BCUT2D eigenvalue weighted by molar-refractivity contribution is 0.171. The maximum atomic E-state index is 13.8. The van der Waals surface area contributed by atoms with E-state index in [-0.39, 0.29) is 24.3 Å². The summed E-state index contributed by atoms with van der Waals surface area (Å²) in [6.45, 7) is 7.66. The summed E-state index contributed by atoms with van der Waals surface area (Å²) in [6, 6.07) is 5.25. The number of para-hydroxylation sites is 1. The van der Waals surface area contributed by atoms with Crippen molar-refractivity contribution in [2.24, 2.45) is 0 Å². The summed E-state index contributed by atoms with van der Waals surface area (Å²) in [5.41, 5.74) is 0.907. The Morgan fingerprint density at radius 3 is 2.75 bits per heavy atom. The first-order valence-electron chi connectivity index (χ1n) is 6.66. The second-order valence-corrected chi connectivity index (χ2v) is 4.69. The fourth-order valence-electron chi connectivity index (χ4n) is 2.63. The Labute approximate surface area is 126 Å². The molecule has 1 N–H and O–H groups in total. The van der Waals surface area contributed by atoms with Gasteiger partial charge in [0.25, 0.3) is 0 Å². The molecule has 0 unspecified atom stereocenters. The number of hydrogen-bond donors (Lipinski definition) is 1. The predicted molar refractivity (Wildman–Crippen MR) is 82.2 cm³/mol. The Morgan fingerprint density at radius 2 is 2.15 bits per heavy atom. The quantitative estimate of drug-likeness (QED) is 0.846. The van der Waals surface area contributed by atoms with Gasteiger partial charge in [-0.05, 0) is 12.5 Å². The van der Waals surface area contributed by atoms with Gasteiger partial charge in [-0.1, -0.05) is 18.2 Å². The smallest absolute Gasteiger partial charge is 0.165 e. The van der Waals surface area contributed by atoms with Crippen LogP contribution in [-0.2, 0) is 0 Å². The molecule has 5 heteroatoms. The lowest BCUT2D eigenvalue weighted by atomic mass is 9.99. The van der Waals surface area contributed by atoms with Crippen molar-refractivity contribution >= 4 is 12.4 Å². The lowest BCUT2D eigenvalue weighted by Crippen LogP contribution is -2.45. The molecule has 1 aliphatic heterocycles. The van der Waals surface area contributed by atoms with Crippen LogP contribution >= 0.6 is 12.4 Å². The van der Waals surface area contributed by atoms with E-state index in [2.05, 4.69) is 16.8 Å². The fourth-order valence-corrected chi connectivity index (χ4v) is 2.63. The van der Waals surface area contributed by atoms with Crippen LogP contribution in [0.15, 0.2) is 30.9 Å². The number of hydrogen-bond acceptors (Lipinski definition) is 3. The molecule has 1 aromatic rings. The van der Waals surface area contributed by atoms with Crippen molar-refractivity contribution in [2.45, 2.75) is 12.5 Å². The standard InChI is InChI=1S/C15H21FN2O.ClH/c1-3-5-14(18-10-8-17-9-11-18)12-6-4-7-13(16)15(12)19-2;/h3-4,6-7,14,17H,1,5,8-11H2,2H3;1H/t14-;/m1./s1. The van der Waals surface area contributed by atoms with Crippen LogP contribution in [0.4, 0.5) is 4.39 Å². The fraction of sp³-hybridized carbons (Fsp3) is 0.467. The summed E-state index contributed by atoms with van der Waals surface area (Å²) in [5, 5.41) is 3.33. The van der Waals surface area contributed by atoms with Crippen LogP contribution < -0.4 is 10.1 Å². The van der Waals surface area contributed by atoms with Crippen molar-refractivity contribution in [3.63, 3.8) is 0 Å². The van der Waals surface area contributed by atoms with Crippen molar-refractivity contribution in [1.82, 2.24) is 10.2 Å². The molecule has 1 aliphatic rings. The summed E-state index contributed by atoms with van der Waals surface area (Å²) >= 11 is 0. The molecule has 1 saturated heterocycles. The van der Waals surface area contributed by atoms with Gasteiger partial charge in [0.15, 0.2) is 11.6 Å². The van der Waals surface area contributed by atoms with E-state index in [0.717, 1.165) is 38.2 Å². The molecular weight excluding hydrogens is 279 g/mol. The number of methoxy groups -OCH3 is 1. The Morgan fingerprint density at radius 1 is 1.45 bits per heavy atom. The number of nitrogens with one attached hydrogen (secondary N) is 1. The minimum Gasteiger partial charge on any atom is -0.493 e. The van der Waals surface area contributed by atoms with Gasteiger partial charge in [0.05, 0.1) is 7.11 Å². The second kappa shape index (κ2) is 8.25. The van der Waals surface area contributed by atoms with E-state index >= 15 is 0 Å². The Kier molecular flexibility index (Phi) is 6.99. The molecule has 1 atom stereocenters. The summed E-state index contributed by atoms with van der Waals surface area (Å²) in [6.07, 6.45) is 2.68. The third-order valence-electron chi connectivity index (χ3n) is 3.54. The van der Waals surface area contributed by atoms with Gasteiger partial charge < -0.3 is 10.1 Å². The minimum absolute atomic E-state index is 0. The van der Waals surface area contributed by atoms with E-state index in [0.29, 0.717) is 5.75 Å². The van der Waals surface area contributed by atoms with Gasteiger partial charge in [-0.2, -0.15) is 0 Å². The van der Waals surface area contributed by atoms with Crippen LogP contribution in [0.25, 0.3) is 0 Å². The van der Waals surface area contributed by atoms with E-state index < -0.39 is 0 Å². The SMILES string of the molecule is C=CC[C@H](c1cccc(F)c1OC)N1CCNCC1.Cl. The number of benzene rings is 1. The molecular formula is C15H22ClFN2O. The Hall–Kier alpha value is -1.10. The van der Waals surface area contributed by atoms with Crippen LogP contribution in [0, 0.1) is 5.82 Å². The summed E-state index contributed by atoms with van der Waals surface area (Å²) < 4.78 is 19.1. The lowest BCUT2D eigenvalue weighted by Gasteiger charge is -2.35. The Bertz CT molecular complexity index is 436. The van der Waals surface area contributed by atoms with Crippen molar-refractivity contribution in [3.05, 3.63) is 42.2 Å². The van der Waals surface area contributed by atoms with Gasteiger partial charge in [0.2, 0.25) is 0 Å². The van der Waals surface area contributed by atoms with Gasteiger partial charge in [0, 0.05) is 37.8 Å². The number of rotatable bonds is 5. The van der Waals surface area contributed by atoms with E-state index in [9.17, 15) is 4.39 Å². The Balaban J connectivity index is 0.00000200. The summed E-state index contributed by atoms with van der Waals surface area (Å²) in [5.74, 6) is 0.0529. The van der Waals surface area contributed by atoms with Gasteiger partial charge in [0.1, 0.15) is 0 Å². The van der Waals surface area contributed by atoms with Gasteiger partial charge >= 0.3 is 0 Å². The van der Waals surface area contributed by atoms with Crippen LogP contribution in [-0.4, -0.2) is 38.2 Å². The van der Waals surface area contributed by atoms with Crippen LogP contribution in [0.5, 0.6) is 5.75 Å². The molecule has 20 heavy (non-hydrogen) atoms. The molecule has 112 valence electrons. The molecule has 0 spiro atoms. The first-order chi connectivity index (χ1) is 9.27. The van der Waals surface area contributed by atoms with Crippen LogP contribution in [0.3, 0.4) is 0 Å². The van der Waals surface area contributed by atoms with Gasteiger partial charge in [-0.25, -0.2) is 4.39 Å². The zero-order valence-electron chi connectivity index (χ0n) is 11.8. The number of halogens is 2. The first kappa shape index (κ1) is 17.0. The minimum atomic E-state index is -0.302. The zero-order chi connectivity index (χ0) is 13.7. The average molecular weight is 301 g/mol. The maximum absolute atomic E-state index is 13.8.